The van der Waals surface area contributed by atoms with Gasteiger partial charge in [-0.05, 0) is 97.3 Å². The van der Waals surface area contributed by atoms with Crippen molar-refractivity contribution in [2.75, 3.05) is 0 Å². The lowest BCUT2D eigenvalue weighted by Crippen LogP contribution is -2.39. The van der Waals surface area contributed by atoms with Crippen LogP contribution in [0.5, 0.6) is 0 Å². The van der Waals surface area contributed by atoms with Gasteiger partial charge in [0.15, 0.2) is 0 Å². The third-order valence-electron chi connectivity index (χ3n) is 8.65. The molecule has 0 amide bonds. The van der Waals surface area contributed by atoms with Gasteiger partial charge in [-0.25, -0.2) is 0 Å². The van der Waals surface area contributed by atoms with Crippen LogP contribution in [-0.2, 0) is 21.9 Å². The molecular formula is C30H44N2O2S2Si2. The van der Waals surface area contributed by atoms with Crippen LogP contribution in [0, 0.1) is 0 Å². The summed E-state index contributed by atoms with van der Waals surface area (Å²) in [5, 5.41) is 9.61. The lowest BCUT2D eigenvalue weighted by Gasteiger charge is -2.33. The van der Waals surface area contributed by atoms with E-state index in [1.54, 1.807) is 0 Å². The van der Waals surface area contributed by atoms with Gasteiger partial charge in [0.25, 0.3) is 16.6 Å². The summed E-state index contributed by atoms with van der Waals surface area (Å²) in [5.41, 5.74) is 7.46. The van der Waals surface area contributed by atoms with E-state index in [1.165, 1.54) is 32.0 Å². The lowest BCUT2D eigenvalue weighted by atomic mass is 10.1. The van der Waals surface area contributed by atoms with E-state index >= 15 is 0 Å². The summed E-state index contributed by atoms with van der Waals surface area (Å²) in [4.78, 5) is 2.57. The Morgan fingerprint density at radius 3 is 1.32 bits per heavy atom. The molecule has 0 fully saturated rings. The van der Waals surface area contributed by atoms with E-state index < -0.39 is 16.6 Å². The Labute approximate surface area is 240 Å². The van der Waals surface area contributed by atoms with Gasteiger partial charge in [-0.3, -0.25) is 0 Å². The quantitative estimate of drug-likeness (QED) is 0.184. The fourth-order valence-corrected chi connectivity index (χ4v) is 7.14. The minimum Gasteiger partial charge on any atom is -0.455 e. The predicted octanol–water partition coefficient (Wildman–Crippen LogP) is 9.83. The molecule has 2 aliphatic carbocycles. The van der Waals surface area contributed by atoms with E-state index in [-0.39, 0.29) is 10.1 Å². The van der Waals surface area contributed by atoms with Crippen LogP contribution in [0.2, 0.25) is 36.3 Å². The second-order valence-electron chi connectivity index (χ2n) is 13.6. The molecule has 0 atom stereocenters. The van der Waals surface area contributed by atoms with Gasteiger partial charge in [0.1, 0.15) is 0 Å². The molecule has 8 heteroatoms. The van der Waals surface area contributed by atoms with E-state index in [2.05, 4.69) is 114 Å². The maximum absolute atomic E-state index is 6.16. The number of hydrogen-bond acceptors (Lipinski definition) is 6. The zero-order chi connectivity index (χ0) is 27.9. The maximum atomic E-state index is 6.16. The molecule has 2 aromatic rings. The van der Waals surface area contributed by atoms with E-state index in [1.807, 2.05) is 21.6 Å². The summed E-state index contributed by atoms with van der Waals surface area (Å²) in [7, 11) is -0.136. The Morgan fingerprint density at radius 1 is 0.605 bits per heavy atom. The van der Waals surface area contributed by atoms with Crippen molar-refractivity contribution in [2.45, 2.75) is 113 Å². The monoisotopic (exact) mass is 584 g/mol. The third kappa shape index (κ3) is 6.45. The van der Waals surface area contributed by atoms with Crippen LogP contribution in [-0.4, -0.2) is 28.1 Å². The molecule has 206 valence electrons. The highest BCUT2D eigenvalue weighted by atomic mass is 33.1. The second kappa shape index (κ2) is 10.8. The Morgan fingerprint density at radius 2 is 0.974 bits per heavy atom. The van der Waals surface area contributed by atoms with E-state index in [0.717, 1.165) is 37.1 Å². The van der Waals surface area contributed by atoms with Crippen LogP contribution < -0.4 is 0 Å². The number of hydrogen-bond donors (Lipinski definition) is 0. The molecular weight excluding hydrogens is 541 g/mol. The molecule has 38 heavy (non-hydrogen) atoms. The predicted molar refractivity (Wildman–Crippen MR) is 171 cm³/mol. The molecule has 2 aliphatic rings. The molecule has 0 spiro atoms. The summed E-state index contributed by atoms with van der Waals surface area (Å²) in [6.45, 7) is 22.5. The summed E-state index contributed by atoms with van der Waals surface area (Å²) >= 11 is 0. The van der Waals surface area contributed by atoms with Crippen LogP contribution in [0.15, 0.2) is 56.5 Å². The SMILES string of the molecule is CC(C)(C)[Si](C)(C)O/N=C1/CCc2cc(SSc3ccc4c(c3)CC/C4=N/O[Si](C)(C)C(C)(C)C)ccc21. The van der Waals surface area contributed by atoms with E-state index in [9.17, 15) is 0 Å². The summed E-state index contributed by atoms with van der Waals surface area (Å²) in [6.07, 6.45) is 3.98. The van der Waals surface area contributed by atoms with Crippen LogP contribution in [0.4, 0.5) is 0 Å². The molecule has 4 nitrogen and oxygen atoms in total. The zero-order valence-corrected chi connectivity index (χ0v) is 28.5. The Balaban J connectivity index is 1.39. The molecule has 2 aromatic carbocycles. The van der Waals surface area contributed by atoms with Crippen molar-refractivity contribution in [3.63, 3.8) is 0 Å². The van der Waals surface area contributed by atoms with Crippen molar-refractivity contribution in [2.24, 2.45) is 10.3 Å². The van der Waals surface area contributed by atoms with Crippen molar-refractivity contribution in [3.05, 3.63) is 58.7 Å². The number of fused-ring (bicyclic) bond motifs is 2. The van der Waals surface area contributed by atoms with Gasteiger partial charge in [-0.2, -0.15) is 0 Å². The number of oxime groups is 2. The first kappa shape index (κ1) is 29.5. The highest BCUT2D eigenvalue weighted by Gasteiger charge is 2.41. The van der Waals surface area contributed by atoms with Crippen molar-refractivity contribution in [1.82, 2.24) is 0 Å². The first-order chi connectivity index (χ1) is 17.6. The van der Waals surface area contributed by atoms with Crippen molar-refractivity contribution >= 4 is 49.6 Å². The van der Waals surface area contributed by atoms with Gasteiger partial charge in [0.05, 0.1) is 11.4 Å². The van der Waals surface area contributed by atoms with E-state index in [4.69, 9.17) is 9.05 Å². The molecule has 0 heterocycles. The number of aryl methyl sites for hydroxylation is 2. The Hall–Kier alpha value is -1.49. The first-order valence-electron chi connectivity index (χ1n) is 13.7. The minimum absolute atomic E-state index is 0.153. The van der Waals surface area contributed by atoms with Crippen LogP contribution >= 0.6 is 21.6 Å². The summed E-state index contributed by atoms with van der Waals surface area (Å²) in [5.74, 6) is 0. The van der Waals surface area contributed by atoms with Crippen LogP contribution in [0.1, 0.15) is 76.6 Å². The molecule has 0 N–H and O–H groups in total. The number of rotatable bonds is 7. The van der Waals surface area contributed by atoms with Gasteiger partial charge in [-0.1, -0.05) is 75.3 Å². The molecule has 0 aromatic heterocycles. The standard InChI is InChI=1S/C30H44N2O2S2Si2/c1-29(2,3)37(7,8)33-31-27-17-11-21-19-23(13-15-25(21)27)35-36-24-14-16-26-22(20-24)12-18-28(26)32-34-38(9,10)30(4,5)6/h13-16,19-20H,11-12,17-18H2,1-10H3/b31-27-,32-28-. The maximum Gasteiger partial charge on any atom is 0.286 e. The van der Waals surface area contributed by atoms with E-state index in [0.29, 0.717) is 0 Å². The second-order valence-corrected chi connectivity index (χ2v) is 25.3. The van der Waals surface area contributed by atoms with Gasteiger partial charge in [0.2, 0.25) is 0 Å². The van der Waals surface area contributed by atoms with Gasteiger partial charge in [-0.15, -0.1) is 10.3 Å². The molecule has 0 saturated carbocycles. The number of benzene rings is 2. The molecule has 4 rings (SSSR count). The summed E-state index contributed by atoms with van der Waals surface area (Å²) < 4.78 is 12.3. The molecule has 0 bridgehead atoms. The molecule has 0 aliphatic heterocycles. The molecule has 0 radical (unpaired) electrons. The topological polar surface area (TPSA) is 43.2 Å². The fourth-order valence-electron chi connectivity index (χ4n) is 3.89. The van der Waals surface area contributed by atoms with Crippen LogP contribution in [0.25, 0.3) is 0 Å². The molecule has 0 unspecified atom stereocenters. The summed E-state index contributed by atoms with van der Waals surface area (Å²) in [6, 6.07) is 13.6. The minimum atomic E-state index is -1.90. The third-order valence-corrected chi connectivity index (χ3v) is 19.4. The lowest BCUT2D eigenvalue weighted by molar-refractivity contribution is 0.307. The fraction of sp³-hybridized carbons (Fsp3) is 0.533. The zero-order valence-electron chi connectivity index (χ0n) is 24.8. The normalized spacial score (nSPS) is 18.2. The van der Waals surface area contributed by atoms with Gasteiger partial charge in [0, 0.05) is 20.9 Å². The van der Waals surface area contributed by atoms with Crippen LogP contribution in [0.3, 0.4) is 0 Å². The highest BCUT2D eigenvalue weighted by molar-refractivity contribution is 8.76. The average Bonchev–Trinajstić information content (AvgIpc) is 3.42. The molecule has 0 saturated heterocycles. The Bertz CT molecular complexity index is 1160. The van der Waals surface area contributed by atoms with Gasteiger partial charge >= 0.3 is 0 Å². The van der Waals surface area contributed by atoms with Crippen molar-refractivity contribution in [3.8, 4) is 0 Å². The Kier molecular flexibility index (Phi) is 8.40. The highest BCUT2D eigenvalue weighted by Crippen LogP contribution is 2.42. The van der Waals surface area contributed by atoms with Crippen molar-refractivity contribution < 1.29 is 9.05 Å². The number of nitrogens with zero attached hydrogens (tertiary/aromatic N) is 2. The van der Waals surface area contributed by atoms with Gasteiger partial charge < -0.3 is 9.05 Å². The first-order valence-corrected chi connectivity index (χ1v) is 21.7. The smallest absolute Gasteiger partial charge is 0.286 e. The van der Waals surface area contributed by atoms with Crippen molar-refractivity contribution in [1.29, 1.82) is 0 Å². The average molecular weight is 585 g/mol. The largest absolute Gasteiger partial charge is 0.455 e.